The van der Waals surface area contributed by atoms with E-state index in [4.69, 9.17) is 10.2 Å². The minimum atomic E-state index is -1.26. The summed E-state index contributed by atoms with van der Waals surface area (Å²) in [6, 6.07) is 0. The summed E-state index contributed by atoms with van der Waals surface area (Å²) in [5.41, 5.74) is 0.277. The van der Waals surface area contributed by atoms with Gasteiger partial charge in [0.1, 0.15) is 0 Å². The van der Waals surface area contributed by atoms with Gasteiger partial charge in [-0.05, 0) is 5.92 Å². The van der Waals surface area contributed by atoms with E-state index in [1.807, 2.05) is 13.8 Å². The normalized spacial score (nSPS) is 10.4. The van der Waals surface area contributed by atoms with Gasteiger partial charge >= 0.3 is 11.9 Å². The highest BCUT2D eigenvalue weighted by Gasteiger charge is 2.17. The molecule has 0 saturated heterocycles. The van der Waals surface area contributed by atoms with Gasteiger partial charge in [0.15, 0.2) is 5.69 Å². The van der Waals surface area contributed by atoms with Gasteiger partial charge in [-0.2, -0.15) is 0 Å². The third kappa shape index (κ3) is 2.75. The standard InChI is InChI=1S/C10H12N2O4/c1-5(2)7-4-11-9(10(15)16)6(12-7)3-8(13)14/h4-5H,3H2,1-2H3,(H,13,14)(H,15,16). The Morgan fingerprint density at radius 1 is 1.38 bits per heavy atom. The molecular weight excluding hydrogens is 212 g/mol. The maximum absolute atomic E-state index is 10.8. The second-order valence-corrected chi connectivity index (χ2v) is 3.62. The fourth-order valence-electron chi connectivity index (χ4n) is 1.17. The lowest BCUT2D eigenvalue weighted by Gasteiger charge is -2.07. The van der Waals surface area contributed by atoms with Crippen molar-refractivity contribution >= 4 is 11.9 Å². The van der Waals surface area contributed by atoms with Crippen LogP contribution in [0.25, 0.3) is 0 Å². The molecule has 0 aliphatic heterocycles. The van der Waals surface area contributed by atoms with E-state index < -0.39 is 18.4 Å². The molecule has 0 fully saturated rings. The predicted molar refractivity (Wildman–Crippen MR) is 54.4 cm³/mol. The van der Waals surface area contributed by atoms with E-state index in [0.29, 0.717) is 5.69 Å². The van der Waals surface area contributed by atoms with Crippen molar-refractivity contribution in [1.82, 2.24) is 9.97 Å². The Hall–Kier alpha value is -1.98. The molecule has 0 radical (unpaired) electrons. The molecule has 0 bridgehead atoms. The molecular formula is C10H12N2O4. The Morgan fingerprint density at radius 2 is 2.00 bits per heavy atom. The Bertz CT molecular complexity index is 429. The molecule has 0 atom stereocenters. The number of carboxylic acid groups (broad SMARTS) is 2. The molecule has 16 heavy (non-hydrogen) atoms. The van der Waals surface area contributed by atoms with Crippen molar-refractivity contribution < 1.29 is 19.8 Å². The van der Waals surface area contributed by atoms with Gasteiger partial charge in [-0.15, -0.1) is 0 Å². The molecule has 6 nitrogen and oxygen atoms in total. The third-order valence-corrected chi connectivity index (χ3v) is 1.98. The quantitative estimate of drug-likeness (QED) is 0.788. The first-order valence-corrected chi connectivity index (χ1v) is 4.72. The van der Waals surface area contributed by atoms with Gasteiger partial charge in [0.2, 0.25) is 0 Å². The molecule has 1 aromatic heterocycles. The third-order valence-electron chi connectivity index (χ3n) is 1.98. The zero-order valence-electron chi connectivity index (χ0n) is 8.97. The summed E-state index contributed by atoms with van der Waals surface area (Å²) < 4.78 is 0. The highest BCUT2D eigenvalue weighted by molar-refractivity contribution is 5.88. The number of hydrogen-bond acceptors (Lipinski definition) is 4. The van der Waals surface area contributed by atoms with Crippen LogP contribution in [-0.2, 0) is 11.2 Å². The zero-order valence-corrected chi connectivity index (χ0v) is 8.97. The van der Waals surface area contributed by atoms with Crippen molar-refractivity contribution in [2.24, 2.45) is 0 Å². The molecule has 86 valence electrons. The second kappa shape index (κ2) is 4.69. The summed E-state index contributed by atoms with van der Waals surface area (Å²) in [6.45, 7) is 3.74. The molecule has 1 rings (SSSR count). The smallest absolute Gasteiger partial charge is 0.356 e. The van der Waals surface area contributed by atoms with Gasteiger partial charge in [-0.3, -0.25) is 9.78 Å². The molecule has 1 heterocycles. The van der Waals surface area contributed by atoms with Crippen molar-refractivity contribution in [1.29, 1.82) is 0 Å². The number of carbonyl (C=O) groups is 2. The topological polar surface area (TPSA) is 100 Å². The summed E-state index contributed by atoms with van der Waals surface area (Å²) in [5.74, 6) is -2.32. The maximum Gasteiger partial charge on any atom is 0.356 e. The maximum atomic E-state index is 10.8. The highest BCUT2D eigenvalue weighted by atomic mass is 16.4. The van der Waals surface area contributed by atoms with E-state index in [9.17, 15) is 9.59 Å². The Balaban J connectivity index is 3.20. The van der Waals surface area contributed by atoms with E-state index in [0.717, 1.165) is 0 Å². The van der Waals surface area contributed by atoms with Crippen molar-refractivity contribution in [2.45, 2.75) is 26.2 Å². The number of carboxylic acids is 2. The first kappa shape index (κ1) is 12.1. The van der Waals surface area contributed by atoms with E-state index in [1.54, 1.807) is 0 Å². The van der Waals surface area contributed by atoms with Gasteiger partial charge in [-0.25, -0.2) is 9.78 Å². The molecule has 0 aliphatic carbocycles. The molecule has 0 spiro atoms. The lowest BCUT2D eigenvalue weighted by atomic mass is 10.1. The summed E-state index contributed by atoms with van der Waals surface area (Å²) in [5, 5.41) is 17.5. The molecule has 6 heteroatoms. The van der Waals surface area contributed by atoms with Crippen molar-refractivity contribution in [2.75, 3.05) is 0 Å². The summed E-state index contributed by atoms with van der Waals surface area (Å²) >= 11 is 0. The zero-order chi connectivity index (χ0) is 12.3. The van der Waals surface area contributed by atoms with Crippen molar-refractivity contribution in [3.05, 3.63) is 23.3 Å². The fraction of sp³-hybridized carbons (Fsp3) is 0.400. The minimum Gasteiger partial charge on any atom is -0.481 e. The van der Waals surface area contributed by atoms with Gasteiger partial charge < -0.3 is 10.2 Å². The lowest BCUT2D eigenvalue weighted by molar-refractivity contribution is -0.136. The number of aromatic carboxylic acids is 1. The number of aliphatic carboxylic acids is 1. The van der Waals surface area contributed by atoms with Crippen LogP contribution in [0, 0.1) is 0 Å². The molecule has 0 aliphatic rings. The largest absolute Gasteiger partial charge is 0.481 e. The van der Waals surface area contributed by atoms with Crippen LogP contribution in [-0.4, -0.2) is 32.1 Å². The average Bonchev–Trinajstić information content (AvgIpc) is 2.15. The minimum absolute atomic E-state index is 0.00815. The van der Waals surface area contributed by atoms with E-state index in [1.165, 1.54) is 6.20 Å². The summed E-state index contributed by atoms with van der Waals surface area (Å²) in [4.78, 5) is 29.1. The van der Waals surface area contributed by atoms with Crippen LogP contribution < -0.4 is 0 Å². The predicted octanol–water partition coefficient (Wildman–Crippen LogP) is 0.925. The van der Waals surface area contributed by atoms with E-state index in [2.05, 4.69) is 9.97 Å². The van der Waals surface area contributed by atoms with Crippen LogP contribution in [0.4, 0.5) is 0 Å². The van der Waals surface area contributed by atoms with E-state index in [-0.39, 0.29) is 17.3 Å². The molecule has 0 saturated carbocycles. The van der Waals surface area contributed by atoms with Gasteiger partial charge in [0.05, 0.1) is 17.8 Å². The van der Waals surface area contributed by atoms with Crippen LogP contribution in [0.15, 0.2) is 6.20 Å². The van der Waals surface area contributed by atoms with Crippen LogP contribution >= 0.6 is 0 Å². The Kier molecular flexibility index (Phi) is 3.55. The average molecular weight is 224 g/mol. The molecule has 0 aromatic carbocycles. The first-order valence-electron chi connectivity index (χ1n) is 4.72. The lowest BCUT2D eigenvalue weighted by Crippen LogP contribution is -2.14. The second-order valence-electron chi connectivity index (χ2n) is 3.62. The van der Waals surface area contributed by atoms with Crippen molar-refractivity contribution in [3.63, 3.8) is 0 Å². The number of nitrogens with zero attached hydrogens (tertiary/aromatic N) is 2. The van der Waals surface area contributed by atoms with Gasteiger partial charge in [0, 0.05) is 6.20 Å². The number of rotatable bonds is 4. The first-order chi connectivity index (χ1) is 7.41. The fourth-order valence-corrected chi connectivity index (χ4v) is 1.17. The van der Waals surface area contributed by atoms with Crippen LogP contribution in [0.2, 0.25) is 0 Å². The van der Waals surface area contributed by atoms with E-state index >= 15 is 0 Å². The van der Waals surface area contributed by atoms with Crippen LogP contribution in [0.5, 0.6) is 0 Å². The molecule has 1 aromatic rings. The monoisotopic (exact) mass is 224 g/mol. The van der Waals surface area contributed by atoms with Crippen molar-refractivity contribution in [3.8, 4) is 0 Å². The summed E-state index contributed by atoms with van der Waals surface area (Å²) in [7, 11) is 0. The summed E-state index contributed by atoms with van der Waals surface area (Å²) in [6.07, 6.45) is 0.925. The molecule has 0 amide bonds. The molecule has 0 unspecified atom stereocenters. The van der Waals surface area contributed by atoms with Crippen LogP contribution in [0.3, 0.4) is 0 Å². The van der Waals surface area contributed by atoms with Crippen LogP contribution in [0.1, 0.15) is 41.6 Å². The molecule has 2 N–H and O–H groups in total. The Labute approximate surface area is 92.0 Å². The Morgan fingerprint density at radius 3 is 2.44 bits per heavy atom. The van der Waals surface area contributed by atoms with Gasteiger partial charge in [-0.1, -0.05) is 13.8 Å². The SMILES string of the molecule is CC(C)c1cnc(C(=O)O)c(CC(=O)O)n1. The highest BCUT2D eigenvalue weighted by Crippen LogP contribution is 2.13. The number of aromatic nitrogens is 2. The number of hydrogen-bond donors (Lipinski definition) is 2. The van der Waals surface area contributed by atoms with Gasteiger partial charge in [0.25, 0.3) is 0 Å².